The van der Waals surface area contributed by atoms with Crippen LogP contribution in [0.4, 0.5) is 26.6 Å². The van der Waals surface area contributed by atoms with E-state index < -0.39 is 17.3 Å². The van der Waals surface area contributed by atoms with Crippen LogP contribution in [0, 0.1) is 17.1 Å². The molecule has 1 aliphatic carbocycles. The Bertz CT molecular complexity index is 1460. The predicted molar refractivity (Wildman–Crippen MR) is 123 cm³/mol. The summed E-state index contributed by atoms with van der Waals surface area (Å²) in [4.78, 5) is 20.8. The Kier molecular flexibility index (Phi) is 4.93. The molecule has 172 valence electrons. The summed E-state index contributed by atoms with van der Waals surface area (Å²) in [5.41, 5.74) is 7.63. The second kappa shape index (κ2) is 7.84. The molecule has 0 spiro atoms. The average Bonchev–Trinajstić information content (AvgIpc) is 3.40. The van der Waals surface area contributed by atoms with Crippen molar-refractivity contribution in [1.29, 1.82) is 5.26 Å². The Labute approximate surface area is 193 Å². The van der Waals surface area contributed by atoms with Crippen LogP contribution in [0.2, 0.25) is 0 Å². The summed E-state index contributed by atoms with van der Waals surface area (Å²) >= 11 is 0. The zero-order valence-corrected chi connectivity index (χ0v) is 18.5. The minimum atomic E-state index is -0.876. The van der Waals surface area contributed by atoms with Gasteiger partial charge >= 0.3 is 6.03 Å². The van der Waals surface area contributed by atoms with Crippen LogP contribution in [0.5, 0.6) is 0 Å². The summed E-state index contributed by atoms with van der Waals surface area (Å²) in [5.74, 6) is -0.261. The molecule has 5 rings (SSSR count). The number of nitriles is 1. The highest BCUT2D eigenvalue weighted by molar-refractivity contribution is 6.02. The van der Waals surface area contributed by atoms with Crippen molar-refractivity contribution in [2.75, 3.05) is 16.4 Å². The molecule has 4 N–H and O–H groups in total. The second-order valence-electron chi connectivity index (χ2n) is 8.73. The third-order valence-electron chi connectivity index (χ3n) is 5.77. The highest BCUT2D eigenvalue weighted by Gasteiger charge is 2.28. The number of anilines is 3. The number of nitrogens with one attached hydrogen (secondary N) is 2. The first-order chi connectivity index (χ1) is 16.3. The number of hydrogen-bond acceptors (Lipinski definition) is 7. The van der Waals surface area contributed by atoms with Crippen molar-refractivity contribution in [2.45, 2.75) is 38.1 Å². The fourth-order valence-electron chi connectivity index (χ4n) is 3.69. The summed E-state index contributed by atoms with van der Waals surface area (Å²) in [6.45, 7) is 3.35. The number of fused-ring (bicyclic) bond motifs is 1. The molecule has 1 fully saturated rings. The Hall–Kier alpha value is -4.46. The van der Waals surface area contributed by atoms with Crippen LogP contribution < -0.4 is 16.4 Å². The molecule has 3 aromatic heterocycles. The van der Waals surface area contributed by atoms with E-state index >= 15 is 0 Å². The number of benzene rings is 1. The summed E-state index contributed by atoms with van der Waals surface area (Å²) < 4.78 is 22.0. The first kappa shape index (κ1) is 21.4. The number of aromatic nitrogens is 4. The van der Waals surface area contributed by atoms with E-state index in [1.165, 1.54) is 24.5 Å². The van der Waals surface area contributed by atoms with Crippen molar-refractivity contribution in [3.63, 3.8) is 0 Å². The highest BCUT2D eigenvalue weighted by Crippen LogP contribution is 2.42. The molecule has 0 saturated heterocycles. The molecule has 2 amide bonds. The van der Waals surface area contributed by atoms with Gasteiger partial charge < -0.3 is 20.1 Å². The van der Waals surface area contributed by atoms with E-state index in [-0.39, 0.29) is 11.6 Å². The van der Waals surface area contributed by atoms with Crippen molar-refractivity contribution in [3.8, 4) is 17.2 Å². The monoisotopic (exact) mass is 460 g/mol. The minimum absolute atomic E-state index is 0.0199. The lowest BCUT2D eigenvalue weighted by Crippen LogP contribution is -2.20. The third kappa shape index (κ3) is 3.79. The van der Waals surface area contributed by atoms with Gasteiger partial charge in [-0.3, -0.25) is 5.32 Å². The molecule has 34 heavy (non-hydrogen) atoms. The third-order valence-corrected chi connectivity index (χ3v) is 5.77. The lowest BCUT2D eigenvalue weighted by molar-refractivity contribution is 0.261. The van der Waals surface area contributed by atoms with Gasteiger partial charge in [0.1, 0.15) is 29.3 Å². The molecule has 0 bridgehead atoms. The maximum absolute atomic E-state index is 14.9. The van der Waals surface area contributed by atoms with Gasteiger partial charge in [0.25, 0.3) is 0 Å². The number of nitrogen functional groups attached to an aromatic ring is 1. The molecular formula is C23H21FN8O2. The number of hydrogen-bond donors (Lipinski definition) is 3. The molecule has 1 aromatic carbocycles. The zero-order chi connectivity index (χ0) is 24.0. The van der Waals surface area contributed by atoms with E-state index in [1.54, 1.807) is 19.9 Å². The molecule has 3 heterocycles. The summed E-state index contributed by atoms with van der Waals surface area (Å²) in [6.07, 6.45) is 5.46. The maximum atomic E-state index is 14.9. The van der Waals surface area contributed by atoms with E-state index in [9.17, 15) is 14.4 Å². The van der Waals surface area contributed by atoms with Gasteiger partial charge in [-0.15, -0.1) is 0 Å². The van der Waals surface area contributed by atoms with Crippen LogP contribution in [0.15, 0.2) is 41.3 Å². The van der Waals surface area contributed by atoms with Crippen molar-refractivity contribution in [2.24, 2.45) is 0 Å². The number of rotatable bonds is 5. The molecule has 1 saturated carbocycles. The highest BCUT2D eigenvalue weighted by atomic mass is 19.1. The quantitative estimate of drug-likeness (QED) is 0.394. The minimum Gasteiger partial charge on any atom is -0.383 e. The molecule has 0 atom stereocenters. The van der Waals surface area contributed by atoms with Gasteiger partial charge in [0.2, 0.25) is 5.88 Å². The largest absolute Gasteiger partial charge is 0.383 e. The molecule has 4 aromatic rings. The molecule has 11 heteroatoms. The first-order valence-electron chi connectivity index (χ1n) is 10.6. The van der Waals surface area contributed by atoms with E-state index in [0.717, 1.165) is 24.1 Å². The molecular weight excluding hydrogens is 439 g/mol. The zero-order valence-electron chi connectivity index (χ0n) is 18.5. The van der Waals surface area contributed by atoms with Gasteiger partial charge in [-0.05, 0) is 44.4 Å². The number of urea groups is 1. The first-order valence-corrected chi connectivity index (χ1v) is 10.6. The molecule has 0 radical (unpaired) electrons. The van der Waals surface area contributed by atoms with Crippen molar-refractivity contribution in [1.82, 2.24) is 19.7 Å². The SMILES string of the molecule is CC(C)(C#N)c1cc(NC(=O)Nc2ccc(-c3cn(C4CC4)c4ncnc(N)c34)cc2F)on1. The summed E-state index contributed by atoms with van der Waals surface area (Å²) in [6, 6.07) is 7.68. The lowest BCUT2D eigenvalue weighted by atomic mass is 9.92. The van der Waals surface area contributed by atoms with Crippen LogP contribution in [0.25, 0.3) is 22.2 Å². The van der Waals surface area contributed by atoms with E-state index in [1.807, 2.05) is 6.20 Å². The van der Waals surface area contributed by atoms with E-state index in [0.29, 0.717) is 28.5 Å². The number of nitrogens with zero attached hydrogens (tertiary/aromatic N) is 5. The van der Waals surface area contributed by atoms with Gasteiger partial charge in [0.15, 0.2) is 0 Å². The average molecular weight is 460 g/mol. The Morgan fingerprint density at radius 3 is 2.79 bits per heavy atom. The van der Waals surface area contributed by atoms with Gasteiger partial charge in [-0.25, -0.2) is 19.2 Å². The van der Waals surface area contributed by atoms with E-state index in [4.69, 9.17) is 10.3 Å². The van der Waals surface area contributed by atoms with Crippen LogP contribution in [0.1, 0.15) is 38.4 Å². The molecule has 1 aliphatic rings. The van der Waals surface area contributed by atoms with Gasteiger partial charge in [0, 0.05) is 23.9 Å². The Morgan fingerprint density at radius 2 is 2.09 bits per heavy atom. The maximum Gasteiger partial charge on any atom is 0.326 e. The van der Waals surface area contributed by atoms with Crippen molar-refractivity contribution < 1.29 is 13.7 Å². The van der Waals surface area contributed by atoms with Crippen LogP contribution in [-0.4, -0.2) is 25.7 Å². The summed E-state index contributed by atoms with van der Waals surface area (Å²) in [7, 11) is 0. The number of halogens is 1. The van der Waals surface area contributed by atoms with E-state index in [2.05, 4.69) is 36.4 Å². The number of nitrogens with two attached hydrogens (primary N) is 1. The molecule has 10 nitrogen and oxygen atoms in total. The number of carbonyl (C=O) groups is 1. The number of amides is 2. The molecule has 0 unspecified atom stereocenters. The van der Waals surface area contributed by atoms with Gasteiger partial charge in [0.05, 0.1) is 22.6 Å². The predicted octanol–water partition coefficient (Wildman–Crippen LogP) is 4.59. The van der Waals surface area contributed by atoms with Crippen LogP contribution in [0.3, 0.4) is 0 Å². The molecule has 0 aliphatic heterocycles. The van der Waals surface area contributed by atoms with Crippen molar-refractivity contribution in [3.05, 3.63) is 48.3 Å². The fraction of sp³-hybridized carbons (Fsp3) is 0.261. The Morgan fingerprint density at radius 1 is 1.29 bits per heavy atom. The fourth-order valence-corrected chi connectivity index (χ4v) is 3.69. The smallest absolute Gasteiger partial charge is 0.326 e. The van der Waals surface area contributed by atoms with Crippen molar-refractivity contribution >= 4 is 34.5 Å². The lowest BCUT2D eigenvalue weighted by Gasteiger charge is -2.09. The standard InChI is InChI=1S/C23H21FN8O2/c1-23(2,10-25)17-8-18(34-31-17)30-22(33)29-16-6-3-12(7-15(16)24)14-9-32(13-4-5-13)21-19(14)20(26)27-11-28-21/h3,6-9,11,13H,4-5H2,1-2H3,(H2,26,27,28)(H2,29,30,33). The van der Waals surface area contributed by atoms with Gasteiger partial charge in [-0.1, -0.05) is 11.2 Å². The van der Waals surface area contributed by atoms with Crippen LogP contribution in [-0.2, 0) is 5.41 Å². The number of carbonyl (C=O) groups excluding carboxylic acids is 1. The van der Waals surface area contributed by atoms with Gasteiger partial charge in [-0.2, -0.15) is 5.26 Å². The second-order valence-corrected chi connectivity index (χ2v) is 8.73. The topological polar surface area (TPSA) is 148 Å². The summed E-state index contributed by atoms with van der Waals surface area (Å²) in [5, 5.41) is 18.5. The normalized spacial score (nSPS) is 13.6. The van der Waals surface area contributed by atoms with Crippen LogP contribution >= 0.6 is 0 Å². The Balaban J connectivity index is 1.37.